The Morgan fingerprint density at radius 1 is 0.526 bits per heavy atom. The molecule has 0 aromatic heterocycles. The van der Waals surface area contributed by atoms with Gasteiger partial charge in [-0.3, -0.25) is 0 Å². The first-order valence-corrected chi connectivity index (χ1v) is 8.60. The van der Waals surface area contributed by atoms with E-state index < -0.39 is 0 Å². The van der Waals surface area contributed by atoms with E-state index in [9.17, 15) is 10.2 Å². The molecule has 2 heteroatoms. The summed E-state index contributed by atoms with van der Waals surface area (Å²) >= 11 is 0. The molecule has 0 amide bonds. The fourth-order valence-corrected chi connectivity index (χ4v) is 5.28. The van der Waals surface area contributed by atoms with E-state index in [4.69, 9.17) is 0 Å². The van der Waals surface area contributed by atoms with Gasteiger partial charge >= 0.3 is 0 Å². The third-order valence-corrected chi connectivity index (χ3v) is 6.90. The van der Waals surface area contributed by atoms with Crippen molar-refractivity contribution in [2.45, 2.75) is 69.0 Å². The first kappa shape index (κ1) is 11.6. The zero-order valence-corrected chi connectivity index (χ0v) is 11.7. The zero-order chi connectivity index (χ0) is 12.8. The lowest BCUT2D eigenvalue weighted by Crippen LogP contribution is -2.43. The Bertz CT molecular complexity index is 339. The van der Waals surface area contributed by atoms with Crippen LogP contribution in [0.2, 0.25) is 0 Å². The molecule has 0 heterocycles. The van der Waals surface area contributed by atoms with Crippen molar-refractivity contribution in [1.29, 1.82) is 0 Å². The smallest absolute Gasteiger partial charge is 0.0735 e. The summed E-state index contributed by atoms with van der Waals surface area (Å²) in [6.45, 7) is 0. The SMILES string of the molecule is OC(C1CC1)(C1CC1)[C@H]1C[C@@H]1C(O)(C1CC1)C1CC1. The van der Waals surface area contributed by atoms with Crippen LogP contribution in [-0.2, 0) is 0 Å². The van der Waals surface area contributed by atoms with Gasteiger partial charge in [0.15, 0.2) is 0 Å². The fourth-order valence-electron chi connectivity index (χ4n) is 5.28. The van der Waals surface area contributed by atoms with E-state index in [0.717, 1.165) is 6.42 Å². The van der Waals surface area contributed by atoms with Crippen LogP contribution in [0.15, 0.2) is 0 Å². The molecule has 19 heavy (non-hydrogen) atoms. The van der Waals surface area contributed by atoms with Gasteiger partial charge in [0, 0.05) is 0 Å². The van der Waals surface area contributed by atoms with Crippen LogP contribution in [0.3, 0.4) is 0 Å². The summed E-state index contributed by atoms with van der Waals surface area (Å²) in [5.74, 6) is 3.21. The predicted octanol–water partition coefficient (Wildman–Crippen LogP) is 2.72. The number of hydrogen-bond acceptors (Lipinski definition) is 2. The van der Waals surface area contributed by atoms with Crippen molar-refractivity contribution in [2.75, 3.05) is 0 Å². The molecule has 5 aliphatic carbocycles. The van der Waals surface area contributed by atoms with Gasteiger partial charge in [-0.2, -0.15) is 0 Å². The van der Waals surface area contributed by atoms with Crippen LogP contribution in [0.5, 0.6) is 0 Å². The van der Waals surface area contributed by atoms with Crippen molar-refractivity contribution < 1.29 is 10.2 Å². The van der Waals surface area contributed by atoms with E-state index in [2.05, 4.69) is 0 Å². The van der Waals surface area contributed by atoms with E-state index in [0.29, 0.717) is 35.5 Å². The third kappa shape index (κ3) is 1.56. The average molecular weight is 262 g/mol. The Morgan fingerprint density at radius 3 is 1.00 bits per heavy atom. The molecule has 5 saturated carbocycles. The standard InChI is InChI=1S/C17H26O2/c18-16(10-1-2-10,11-3-4-11)14-9-15(14)17(19,12-5-6-12)13-7-8-13/h10-15,18-19H,1-9H2/t14-,15-/m0/s1. The van der Waals surface area contributed by atoms with Gasteiger partial charge in [-0.1, -0.05) is 0 Å². The molecule has 2 nitrogen and oxygen atoms in total. The van der Waals surface area contributed by atoms with E-state index in [1.165, 1.54) is 51.4 Å². The molecule has 0 aromatic carbocycles. The zero-order valence-electron chi connectivity index (χ0n) is 11.7. The lowest BCUT2D eigenvalue weighted by molar-refractivity contribution is -0.0728. The largest absolute Gasteiger partial charge is 0.389 e. The lowest BCUT2D eigenvalue weighted by atomic mass is 9.79. The van der Waals surface area contributed by atoms with Crippen molar-refractivity contribution in [3.05, 3.63) is 0 Å². The Morgan fingerprint density at radius 2 is 0.789 bits per heavy atom. The topological polar surface area (TPSA) is 40.5 Å². The highest BCUT2D eigenvalue weighted by atomic mass is 16.3. The summed E-state index contributed by atoms with van der Waals surface area (Å²) in [6.07, 6.45) is 11.0. The molecule has 0 radical (unpaired) electrons. The van der Waals surface area contributed by atoms with Gasteiger partial charge in [0.2, 0.25) is 0 Å². The molecule has 5 rings (SSSR count). The third-order valence-electron chi connectivity index (χ3n) is 6.90. The highest BCUT2D eigenvalue weighted by Crippen LogP contribution is 2.70. The second-order valence-electron chi connectivity index (χ2n) is 8.32. The molecule has 2 atom stereocenters. The van der Waals surface area contributed by atoms with Crippen molar-refractivity contribution >= 4 is 0 Å². The van der Waals surface area contributed by atoms with Crippen LogP contribution in [-0.4, -0.2) is 21.4 Å². The van der Waals surface area contributed by atoms with Crippen LogP contribution in [0, 0.1) is 35.5 Å². The second-order valence-corrected chi connectivity index (χ2v) is 8.32. The molecule has 5 fully saturated rings. The van der Waals surface area contributed by atoms with Crippen LogP contribution < -0.4 is 0 Å². The minimum absolute atomic E-state index is 0.373. The maximum atomic E-state index is 11.3. The summed E-state index contributed by atoms with van der Waals surface area (Å²) in [5, 5.41) is 22.5. The fraction of sp³-hybridized carbons (Fsp3) is 1.00. The second kappa shape index (κ2) is 3.39. The molecule has 0 aromatic rings. The Labute approximate surface area is 115 Å². The minimum Gasteiger partial charge on any atom is -0.389 e. The molecule has 0 bridgehead atoms. The summed E-state index contributed by atoms with van der Waals surface area (Å²) in [6, 6.07) is 0. The lowest BCUT2D eigenvalue weighted by Gasteiger charge is -2.34. The molecule has 2 N–H and O–H groups in total. The van der Waals surface area contributed by atoms with Gasteiger partial charge in [-0.05, 0) is 93.3 Å². The maximum Gasteiger partial charge on any atom is 0.0735 e. The van der Waals surface area contributed by atoms with E-state index in [1.54, 1.807) is 0 Å². The predicted molar refractivity (Wildman–Crippen MR) is 72.4 cm³/mol. The first-order chi connectivity index (χ1) is 9.15. The van der Waals surface area contributed by atoms with Gasteiger partial charge in [0.25, 0.3) is 0 Å². The Kier molecular flexibility index (Phi) is 2.06. The first-order valence-electron chi connectivity index (χ1n) is 8.60. The number of aliphatic hydroxyl groups is 2. The van der Waals surface area contributed by atoms with Gasteiger partial charge < -0.3 is 10.2 Å². The molecular weight excluding hydrogens is 236 g/mol. The highest BCUT2D eigenvalue weighted by molar-refractivity contribution is 5.21. The molecular formula is C17H26O2. The highest BCUT2D eigenvalue weighted by Gasteiger charge is 2.71. The quantitative estimate of drug-likeness (QED) is 0.772. The van der Waals surface area contributed by atoms with Gasteiger partial charge in [0.1, 0.15) is 0 Å². The molecule has 0 unspecified atom stereocenters. The molecule has 5 aliphatic rings. The number of rotatable bonds is 6. The Hall–Kier alpha value is -0.0800. The van der Waals surface area contributed by atoms with E-state index in [1.807, 2.05) is 0 Å². The summed E-state index contributed by atoms with van der Waals surface area (Å²) in [5.41, 5.74) is -0.745. The van der Waals surface area contributed by atoms with Crippen molar-refractivity contribution in [3.63, 3.8) is 0 Å². The van der Waals surface area contributed by atoms with Crippen LogP contribution in [0.4, 0.5) is 0 Å². The Balaban J connectivity index is 1.40. The normalized spacial score (nSPS) is 39.5. The average Bonchev–Trinajstić information content (AvgIpc) is 3.34. The van der Waals surface area contributed by atoms with Gasteiger partial charge in [-0.15, -0.1) is 0 Å². The summed E-state index contributed by atoms with van der Waals surface area (Å²) < 4.78 is 0. The minimum atomic E-state index is -0.373. The van der Waals surface area contributed by atoms with Crippen molar-refractivity contribution in [3.8, 4) is 0 Å². The van der Waals surface area contributed by atoms with Crippen LogP contribution in [0.1, 0.15) is 57.8 Å². The monoisotopic (exact) mass is 262 g/mol. The van der Waals surface area contributed by atoms with E-state index >= 15 is 0 Å². The molecule has 106 valence electrons. The van der Waals surface area contributed by atoms with Crippen LogP contribution in [0.25, 0.3) is 0 Å². The molecule has 0 aliphatic heterocycles. The van der Waals surface area contributed by atoms with Gasteiger partial charge in [0.05, 0.1) is 11.2 Å². The van der Waals surface area contributed by atoms with Gasteiger partial charge in [-0.25, -0.2) is 0 Å². The van der Waals surface area contributed by atoms with Crippen molar-refractivity contribution in [2.24, 2.45) is 35.5 Å². The van der Waals surface area contributed by atoms with Crippen LogP contribution >= 0.6 is 0 Å². The summed E-state index contributed by atoms with van der Waals surface area (Å²) in [4.78, 5) is 0. The van der Waals surface area contributed by atoms with E-state index in [-0.39, 0.29) is 11.2 Å². The maximum absolute atomic E-state index is 11.3. The number of hydrogen-bond donors (Lipinski definition) is 2. The molecule has 0 saturated heterocycles. The summed E-state index contributed by atoms with van der Waals surface area (Å²) in [7, 11) is 0. The molecule has 0 spiro atoms. The van der Waals surface area contributed by atoms with Crippen molar-refractivity contribution in [1.82, 2.24) is 0 Å².